The molecule has 0 radical (unpaired) electrons. The van der Waals surface area contributed by atoms with Crippen LogP contribution in [0, 0.1) is 0 Å². The van der Waals surface area contributed by atoms with E-state index >= 15 is 0 Å². The quantitative estimate of drug-likeness (QED) is 0.716. The summed E-state index contributed by atoms with van der Waals surface area (Å²) in [6.07, 6.45) is 5.49. The van der Waals surface area contributed by atoms with E-state index in [1.54, 1.807) is 47.9 Å². The molecule has 4 nitrogen and oxygen atoms in total. The minimum Gasteiger partial charge on any atom is -0.319 e. The van der Waals surface area contributed by atoms with Crippen LogP contribution in [0.1, 0.15) is 11.3 Å². The molecular formula is C15H13Cl2N3OS. The van der Waals surface area contributed by atoms with Gasteiger partial charge in [-0.3, -0.25) is 4.79 Å². The third kappa shape index (κ3) is 3.32. The number of hydrogen-bond donors (Lipinski definition) is 0. The molecule has 0 unspecified atom stereocenters. The number of pyridine rings is 2. The Hall–Kier alpha value is -1.43. The van der Waals surface area contributed by atoms with Crippen molar-refractivity contribution in [2.24, 2.45) is 7.05 Å². The lowest BCUT2D eigenvalue weighted by Gasteiger charge is -2.01. The molecule has 0 spiro atoms. The number of thioether (sulfide) groups is 1. The van der Waals surface area contributed by atoms with E-state index in [2.05, 4.69) is 4.98 Å². The Balaban J connectivity index is 1.70. The van der Waals surface area contributed by atoms with Gasteiger partial charge >= 0.3 is 0 Å². The second kappa shape index (κ2) is 6.36. The van der Waals surface area contributed by atoms with Crippen LogP contribution in [-0.4, -0.2) is 14.0 Å². The van der Waals surface area contributed by atoms with Crippen LogP contribution >= 0.6 is 35.0 Å². The maximum atomic E-state index is 11.6. The number of halogens is 2. The molecule has 0 aliphatic carbocycles. The van der Waals surface area contributed by atoms with Crippen molar-refractivity contribution in [2.75, 3.05) is 0 Å². The molecule has 3 aromatic heterocycles. The molecule has 0 fully saturated rings. The highest BCUT2D eigenvalue weighted by atomic mass is 35.5. The Morgan fingerprint density at radius 2 is 2.05 bits per heavy atom. The molecule has 0 aromatic carbocycles. The lowest BCUT2D eigenvalue weighted by molar-refractivity contribution is 0.855. The highest BCUT2D eigenvalue weighted by Crippen LogP contribution is 2.23. The summed E-state index contributed by atoms with van der Waals surface area (Å²) in [5.74, 6) is 1.50. The van der Waals surface area contributed by atoms with Crippen LogP contribution in [0.3, 0.4) is 0 Å². The van der Waals surface area contributed by atoms with Crippen molar-refractivity contribution in [1.82, 2.24) is 14.0 Å². The minimum atomic E-state index is 0.00672. The molecule has 3 aromatic rings. The molecule has 3 rings (SSSR count). The van der Waals surface area contributed by atoms with E-state index in [4.69, 9.17) is 23.2 Å². The van der Waals surface area contributed by atoms with E-state index in [1.165, 1.54) is 0 Å². The van der Waals surface area contributed by atoms with Crippen molar-refractivity contribution in [2.45, 2.75) is 11.5 Å². The summed E-state index contributed by atoms with van der Waals surface area (Å²) in [6, 6.07) is 5.30. The van der Waals surface area contributed by atoms with Crippen LogP contribution in [0.5, 0.6) is 0 Å². The number of hydrogen-bond acceptors (Lipinski definition) is 3. The summed E-state index contributed by atoms with van der Waals surface area (Å²) in [5, 5.41) is 1.12. The fourth-order valence-corrected chi connectivity index (χ4v) is 3.49. The Morgan fingerprint density at radius 3 is 2.82 bits per heavy atom. The number of imidazole rings is 1. The molecule has 0 amide bonds. The monoisotopic (exact) mass is 353 g/mol. The summed E-state index contributed by atoms with van der Waals surface area (Å²) in [5.41, 5.74) is 2.65. The molecule has 0 saturated heterocycles. The number of rotatable bonds is 4. The van der Waals surface area contributed by atoms with Gasteiger partial charge in [0, 0.05) is 43.2 Å². The Bertz CT molecular complexity index is 888. The predicted octanol–water partition coefficient (Wildman–Crippen LogP) is 3.77. The minimum absolute atomic E-state index is 0.00672. The number of nitrogens with zero attached hydrogens (tertiary/aromatic N) is 3. The SMILES string of the molecule is Cn1ccc(CSCc2cn3cc(Cl)cc(Cl)c3n2)cc1=O. The largest absolute Gasteiger partial charge is 0.319 e. The second-order valence-corrected chi connectivity index (χ2v) is 6.78. The molecular weight excluding hydrogens is 341 g/mol. The summed E-state index contributed by atoms with van der Waals surface area (Å²) in [7, 11) is 1.74. The second-order valence-electron chi connectivity index (χ2n) is 4.95. The summed E-state index contributed by atoms with van der Waals surface area (Å²) >= 11 is 13.8. The third-order valence-corrected chi connectivity index (χ3v) is 4.73. The lowest BCUT2D eigenvalue weighted by atomic mass is 10.3. The first kappa shape index (κ1) is 15.5. The first-order chi connectivity index (χ1) is 10.5. The maximum absolute atomic E-state index is 11.6. The fraction of sp³-hybridized carbons (Fsp3) is 0.200. The van der Waals surface area contributed by atoms with Crippen LogP contribution in [0.2, 0.25) is 10.0 Å². The topological polar surface area (TPSA) is 39.3 Å². The molecule has 0 saturated carbocycles. The van der Waals surface area contributed by atoms with Crippen molar-refractivity contribution >= 4 is 40.6 Å². The summed E-state index contributed by atoms with van der Waals surface area (Å²) in [6.45, 7) is 0. The number of aromatic nitrogens is 3. The van der Waals surface area contributed by atoms with E-state index in [9.17, 15) is 4.79 Å². The van der Waals surface area contributed by atoms with E-state index < -0.39 is 0 Å². The molecule has 0 aliphatic rings. The average Bonchev–Trinajstić information content (AvgIpc) is 2.86. The fourth-order valence-electron chi connectivity index (χ4n) is 2.10. The zero-order valence-electron chi connectivity index (χ0n) is 11.8. The first-order valence-corrected chi connectivity index (χ1v) is 8.50. The molecule has 0 N–H and O–H groups in total. The van der Waals surface area contributed by atoms with E-state index in [-0.39, 0.29) is 5.56 Å². The van der Waals surface area contributed by atoms with Gasteiger partial charge in [-0.15, -0.1) is 0 Å². The third-order valence-electron chi connectivity index (χ3n) is 3.21. The van der Waals surface area contributed by atoms with Gasteiger partial charge in [-0.2, -0.15) is 11.8 Å². The van der Waals surface area contributed by atoms with Gasteiger partial charge < -0.3 is 8.97 Å². The van der Waals surface area contributed by atoms with Crippen LogP contribution in [-0.2, 0) is 18.6 Å². The normalized spacial score (nSPS) is 11.2. The van der Waals surface area contributed by atoms with Gasteiger partial charge in [-0.25, -0.2) is 4.98 Å². The Kier molecular flexibility index (Phi) is 4.47. The molecule has 0 atom stereocenters. The predicted molar refractivity (Wildman–Crippen MR) is 91.9 cm³/mol. The van der Waals surface area contributed by atoms with Crippen LogP contribution < -0.4 is 5.56 Å². The van der Waals surface area contributed by atoms with Gasteiger partial charge in [0.1, 0.15) is 0 Å². The molecule has 0 bridgehead atoms. The Morgan fingerprint density at radius 1 is 1.23 bits per heavy atom. The van der Waals surface area contributed by atoms with E-state index in [0.29, 0.717) is 15.7 Å². The smallest absolute Gasteiger partial charge is 0.250 e. The highest BCUT2D eigenvalue weighted by Gasteiger charge is 2.07. The Labute approximate surface area is 141 Å². The van der Waals surface area contributed by atoms with Crippen molar-refractivity contribution in [1.29, 1.82) is 0 Å². The van der Waals surface area contributed by atoms with Crippen molar-refractivity contribution in [3.63, 3.8) is 0 Å². The van der Waals surface area contributed by atoms with Gasteiger partial charge in [-0.05, 0) is 17.7 Å². The lowest BCUT2D eigenvalue weighted by Crippen LogP contribution is -2.14. The summed E-state index contributed by atoms with van der Waals surface area (Å²) < 4.78 is 3.39. The molecule has 3 heterocycles. The molecule has 22 heavy (non-hydrogen) atoms. The van der Waals surface area contributed by atoms with Gasteiger partial charge in [0.15, 0.2) is 5.65 Å². The maximum Gasteiger partial charge on any atom is 0.250 e. The van der Waals surface area contributed by atoms with Crippen molar-refractivity contribution in [3.05, 3.63) is 68.4 Å². The zero-order chi connectivity index (χ0) is 15.7. The average molecular weight is 354 g/mol. The van der Waals surface area contributed by atoms with E-state index in [1.807, 2.05) is 16.7 Å². The van der Waals surface area contributed by atoms with Gasteiger partial charge in [-0.1, -0.05) is 23.2 Å². The van der Waals surface area contributed by atoms with E-state index in [0.717, 1.165) is 22.8 Å². The van der Waals surface area contributed by atoms with Crippen LogP contribution in [0.4, 0.5) is 0 Å². The standard InChI is InChI=1S/C15H13Cl2N3OS/c1-19-3-2-10(4-14(19)21)8-22-9-12-7-20-6-11(16)5-13(17)15(20)18-12/h2-7H,8-9H2,1H3. The van der Waals surface area contributed by atoms with Gasteiger partial charge in [0.2, 0.25) is 0 Å². The number of aryl methyl sites for hydroxylation is 1. The van der Waals surface area contributed by atoms with Gasteiger partial charge in [0.25, 0.3) is 5.56 Å². The van der Waals surface area contributed by atoms with Crippen LogP contribution in [0.25, 0.3) is 5.65 Å². The van der Waals surface area contributed by atoms with Gasteiger partial charge in [0.05, 0.1) is 15.7 Å². The van der Waals surface area contributed by atoms with Crippen LogP contribution in [0.15, 0.2) is 41.6 Å². The number of fused-ring (bicyclic) bond motifs is 1. The zero-order valence-corrected chi connectivity index (χ0v) is 14.1. The molecule has 0 aliphatic heterocycles. The van der Waals surface area contributed by atoms with Crippen molar-refractivity contribution in [3.8, 4) is 0 Å². The summed E-state index contributed by atoms with van der Waals surface area (Å²) in [4.78, 5) is 16.1. The molecule has 114 valence electrons. The first-order valence-electron chi connectivity index (χ1n) is 6.59. The highest BCUT2D eigenvalue weighted by molar-refractivity contribution is 7.97. The molecule has 7 heteroatoms. The van der Waals surface area contributed by atoms with Crippen molar-refractivity contribution < 1.29 is 0 Å².